The van der Waals surface area contributed by atoms with E-state index in [1.165, 1.54) is 14.9 Å². The molecule has 3 heteroatoms. The normalized spacial score (nSPS) is 12.6. The highest BCUT2D eigenvalue weighted by Gasteiger charge is 2.09. The second kappa shape index (κ2) is 6.34. The molecule has 2 rings (SSSR count). The Morgan fingerprint density at radius 3 is 2.65 bits per heavy atom. The Labute approximate surface area is 115 Å². The van der Waals surface area contributed by atoms with Gasteiger partial charge >= 0.3 is 0 Å². The number of nitrogens with one attached hydrogen (secondary N) is 1. The Bertz CT molecular complexity index is 452. The fourth-order valence-electron chi connectivity index (χ4n) is 1.93. The van der Waals surface area contributed by atoms with Crippen LogP contribution in [0.15, 0.2) is 46.3 Å². The van der Waals surface area contributed by atoms with E-state index in [-0.39, 0.29) is 0 Å². The molecule has 0 spiro atoms. The molecular weight excluding hydrogens is 294 g/mol. The molecule has 0 amide bonds. The molecule has 17 heavy (non-hydrogen) atoms. The Hall–Kier alpha value is -0.640. The summed E-state index contributed by atoms with van der Waals surface area (Å²) in [7, 11) is 2.03. The van der Waals surface area contributed by atoms with Gasteiger partial charge in [-0.05, 0) is 47.4 Å². The summed E-state index contributed by atoms with van der Waals surface area (Å²) in [5.41, 5.74) is 1.37. The first kappa shape index (κ1) is 12.8. The van der Waals surface area contributed by atoms with E-state index >= 15 is 0 Å². The van der Waals surface area contributed by atoms with Crippen molar-refractivity contribution in [3.8, 4) is 0 Å². The standard InChI is InChI=1S/C14H16BrNS/c1-16-14(11-5-3-2-4-6-11)8-7-13-9-12(15)10-17-13/h2-6,9-10,14,16H,7-8H2,1H3. The maximum atomic E-state index is 3.50. The molecule has 1 aromatic heterocycles. The van der Waals surface area contributed by atoms with Gasteiger partial charge in [-0.1, -0.05) is 30.3 Å². The van der Waals surface area contributed by atoms with E-state index in [4.69, 9.17) is 0 Å². The summed E-state index contributed by atoms with van der Waals surface area (Å²) in [6.07, 6.45) is 2.25. The minimum Gasteiger partial charge on any atom is -0.313 e. The lowest BCUT2D eigenvalue weighted by atomic mass is 10.0. The number of benzene rings is 1. The molecule has 1 N–H and O–H groups in total. The van der Waals surface area contributed by atoms with Crippen molar-refractivity contribution in [2.24, 2.45) is 0 Å². The van der Waals surface area contributed by atoms with Crippen molar-refractivity contribution < 1.29 is 0 Å². The van der Waals surface area contributed by atoms with E-state index in [9.17, 15) is 0 Å². The summed E-state index contributed by atoms with van der Waals surface area (Å²) in [6.45, 7) is 0. The number of halogens is 1. The van der Waals surface area contributed by atoms with Crippen LogP contribution in [-0.2, 0) is 6.42 Å². The van der Waals surface area contributed by atoms with E-state index in [0.717, 1.165) is 12.8 Å². The van der Waals surface area contributed by atoms with Crippen LogP contribution in [0.5, 0.6) is 0 Å². The summed E-state index contributed by atoms with van der Waals surface area (Å²) in [4.78, 5) is 1.44. The largest absolute Gasteiger partial charge is 0.313 e. The monoisotopic (exact) mass is 309 g/mol. The minimum atomic E-state index is 0.442. The Morgan fingerprint density at radius 2 is 2.06 bits per heavy atom. The van der Waals surface area contributed by atoms with Crippen LogP contribution in [0.3, 0.4) is 0 Å². The molecule has 1 heterocycles. The van der Waals surface area contributed by atoms with Gasteiger partial charge < -0.3 is 5.32 Å². The zero-order valence-corrected chi connectivity index (χ0v) is 12.2. The number of thiophene rings is 1. The summed E-state index contributed by atoms with van der Waals surface area (Å²) >= 11 is 5.32. The molecule has 90 valence electrons. The first-order valence-electron chi connectivity index (χ1n) is 5.74. The number of aryl methyl sites for hydroxylation is 1. The minimum absolute atomic E-state index is 0.442. The summed E-state index contributed by atoms with van der Waals surface area (Å²) in [6, 6.07) is 13.3. The van der Waals surface area contributed by atoms with Crippen molar-refractivity contribution in [3.63, 3.8) is 0 Å². The molecule has 0 bridgehead atoms. The van der Waals surface area contributed by atoms with Crippen LogP contribution >= 0.6 is 27.3 Å². The third kappa shape index (κ3) is 3.66. The quantitative estimate of drug-likeness (QED) is 0.863. The maximum absolute atomic E-state index is 3.50. The highest BCUT2D eigenvalue weighted by molar-refractivity contribution is 9.10. The van der Waals surface area contributed by atoms with E-state index in [0.29, 0.717) is 6.04 Å². The Kier molecular flexibility index (Phi) is 4.77. The van der Waals surface area contributed by atoms with Crippen molar-refractivity contribution >= 4 is 27.3 Å². The fraction of sp³-hybridized carbons (Fsp3) is 0.286. The third-order valence-corrected chi connectivity index (χ3v) is 4.61. The van der Waals surface area contributed by atoms with Crippen LogP contribution in [0.4, 0.5) is 0 Å². The number of hydrogen-bond acceptors (Lipinski definition) is 2. The molecule has 2 aromatic rings. The van der Waals surface area contributed by atoms with Crippen LogP contribution in [0.1, 0.15) is 22.9 Å². The van der Waals surface area contributed by atoms with Gasteiger partial charge in [-0.3, -0.25) is 0 Å². The first-order valence-corrected chi connectivity index (χ1v) is 7.42. The van der Waals surface area contributed by atoms with Gasteiger partial charge in [0, 0.05) is 20.8 Å². The molecule has 1 nitrogen and oxygen atoms in total. The lowest BCUT2D eigenvalue weighted by molar-refractivity contribution is 0.551. The second-order valence-electron chi connectivity index (χ2n) is 4.02. The van der Waals surface area contributed by atoms with Crippen molar-refractivity contribution in [1.82, 2.24) is 5.32 Å². The highest BCUT2D eigenvalue weighted by atomic mass is 79.9. The molecule has 0 saturated carbocycles. The molecule has 0 aliphatic heterocycles. The zero-order chi connectivity index (χ0) is 12.1. The molecule has 0 saturated heterocycles. The van der Waals surface area contributed by atoms with Gasteiger partial charge in [-0.25, -0.2) is 0 Å². The van der Waals surface area contributed by atoms with Gasteiger partial charge in [0.1, 0.15) is 0 Å². The number of rotatable bonds is 5. The van der Waals surface area contributed by atoms with Crippen LogP contribution in [0, 0.1) is 0 Å². The van der Waals surface area contributed by atoms with Gasteiger partial charge in [-0.2, -0.15) is 0 Å². The highest BCUT2D eigenvalue weighted by Crippen LogP contribution is 2.24. The second-order valence-corrected chi connectivity index (χ2v) is 5.93. The topological polar surface area (TPSA) is 12.0 Å². The van der Waals surface area contributed by atoms with E-state index < -0.39 is 0 Å². The van der Waals surface area contributed by atoms with Crippen LogP contribution in [0.2, 0.25) is 0 Å². The molecule has 0 fully saturated rings. The van der Waals surface area contributed by atoms with E-state index in [2.05, 4.69) is 63.0 Å². The first-order chi connectivity index (χ1) is 8.29. The predicted molar refractivity (Wildman–Crippen MR) is 78.6 cm³/mol. The van der Waals surface area contributed by atoms with Gasteiger partial charge in [0.05, 0.1) is 0 Å². The lowest BCUT2D eigenvalue weighted by Crippen LogP contribution is -2.16. The van der Waals surface area contributed by atoms with Crippen LogP contribution in [0.25, 0.3) is 0 Å². The third-order valence-electron chi connectivity index (χ3n) is 2.85. The van der Waals surface area contributed by atoms with E-state index in [1.54, 1.807) is 0 Å². The average Bonchev–Trinajstić information content (AvgIpc) is 2.77. The lowest BCUT2D eigenvalue weighted by Gasteiger charge is -2.15. The number of hydrogen-bond donors (Lipinski definition) is 1. The molecule has 1 unspecified atom stereocenters. The van der Waals surface area contributed by atoms with Gasteiger partial charge in [0.2, 0.25) is 0 Å². The molecule has 1 aromatic carbocycles. The van der Waals surface area contributed by atoms with E-state index in [1.807, 2.05) is 18.4 Å². The molecule has 0 aliphatic rings. The van der Waals surface area contributed by atoms with Crippen molar-refractivity contribution in [1.29, 1.82) is 0 Å². The van der Waals surface area contributed by atoms with Gasteiger partial charge in [0.25, 0.3) is 0 Å². The summed E-state index contributed by atoms with van der Waals surface area (Å²) in [5, 5.41) is 5.53. The SMILES string of the molecule is CNC(CCc1cc(Br)cs1)c1ccccc1. The average molecular weight is 310 g/mol. The molecule has 1 atom stereocenters. The zero-order valence-electron chi connectivity index (χ0n) is 9.82. The molecular formula is C14H16BrNS. The Balaban J connectivity index is 1.97. The van der Waals surface area contributed by atoms with Crippen LogP contribution in [-0.4, -0.2) is 7.05 Å². The van der Waals surface area contributed by atoms with Gasteiger partial charge in [-0.15, -0.1) is 11.3 Å². The van der Waals surface area contributed by atoms with Crippen molar-refractivity contribution in [3.05, 3.63) is 56.7 Å². The summed E-state index contributed by atoms with van der Waals surface area (Å²) < 4.78 is 1.19. The fourth-order valence-corrected chi connectivity index (χ4v) is 3.41. The molecule has 0 aliphatic carbocycles. The van der Waals surface area contributed by atoms with Crippen molar-refractivity contribution in [2.45, 2.75) is 18.9 Å². The van der Waals surface area contributed by atoms with Gasteiger partial charge in [0.15, 0.2) is 0 Å². The summed E-state index contributed by atoms with van der Waals surface area (Å²) in [5.74, 6) is 0. The predicted octanol–water partition coefficient (Wildman–Crippen LogP) is 4.40. The maximum Gasteiger partial charge on any atom is 0.0320 e. The Morgan fingerprint density at radius 1 is 1.29 bits per heavy atom. The smallest absolute Gasteiger partial charge is 0.0320 e. The van der Waals surface area contributed by atoms with Crippen molar-refractivity contribution in [2.75, 3.05) is 7.05 Å². The molecule has 0 radical (unpaired) electrons. The van der Waals surface area contributed by atoms with Crippen LogP contribution < -0.4 is 5.32 Å².